The van der Waals surface area contributed by atoms with Gasteiger partial charge in [0.2, 0.25) is 0 Å². The van der Waals surface area contributed by atoms with Crippen LogP contribution in [0.2, 0.25) is 0 Å². The van der Waals surface area contributed by atoms with Crippen molar-refractivity contribution in [2.24, 2.45) is 0 Å². The van der Waals surface area contributed by atoms with Crippen LogP contribution in [0.3, 0.4) is 0 Å². The summed E-state index contributed by atoms with van der Waals surface area (Å²) in [6.45, 7) is 9.36. The van der Waals surface area contributed by atoms with E-state index in [1.165, 1.54) is 0 Å². The van der Waals surface area contributed by atoms with Crippen molar-refractivity contribution in [3.05, 3.63) is 18.0 Å². The fraction of sp³-hybridized carbons (Fsp3) is 0.750. The predicted octanol–water partition coefficient (Wildman–Crippen LogP) is 2.85. The van der Waals surface area contributed by atoms with E-state index in [-0.39, 0.29) is 12.1 Å². The van der Waals surface area contributed by atoms with Gasteiger partial charge in [0.05, 0.1) is 6.20 Å². The Morgan fingerprint density at radius 3 is 2.86 bits per heavy atom. The van der Waals surface area contributed by atoms with Gasteiger partial charge >= 0.3 is 6.09 Å². The zero-order valence-electron chi connectivity index (χ0n) is 14.1. The van der Waals surface area contributed by atoms with Crippen LogP contribution in [-0.4, -0.2) is 45.9 Å². The zero-order valence-corrected chi connectivity index (χ0v) is 14.1. The molecule has 22 heavy (non-hydrogen) atoms. The Morgan fingerprint density at radius 1 is 1.45 bits per heavy atom. The summed E-state index contributed by atoms with van der Waals surface area (Å²) in [7, 11) is 0. The first kappa shape index (κ1) is 16.8. The average molecular weight is 308 g/mol. The molecule has 0 bridgehead atoms. The molecule has 0 aliphatic carbocycles. The molecule has 6 nitrogen and oxygen atoms in total. The molecule has 1 aliphatic heterocycles. The predicted molar refractivity (Wildman–Crippen MR) is 85.6 cm³/mol. The minimum Gasteiger partial charge on any atom is -0.444 e. The van der Waals surface area contributed by atoms with Gasteiger partial charge in [-0.2, -0.15) is 5.10 Å². The van der Waals surface area contributed by atoms with E-state index >= 15 is 0 Å². The van der Waals surface area contributed by atoms with Crippen molar-refractivity contribution in [3.8, 4) is 0 Å². The zero-order chi connectivity index (χ0) is 16.2. The summed E-state index contributed by atoms with van der Waals surface area (Å²) < 4.78 is 5.46. The Hall–Kier alpha value is -1.56. The molecule has 1 aliphatic rings. The number of hydrogen-bond acceptors (Lipinski definition) is 4. The van der Waals surface area contributed by atoms with Crippen LogP contribution in [0, 0.1) is 0 Å². The van der Waals surface area contributed by atoms with E-state index in [1.807, 2.05) is 38.1 Å². The number of likely N-dealkylation sites (tertiary alicyclic amines) is 1. The summed E-state index contributed by atoms with van der Waals surface area (Å²) in [4.78, 5) is 14.0. The summed E-state index contributed by atoms with van der Waals surface area (Å²) in [6, 6.07) is 0.675. The van der Waals surface area contributed by atoms with Crippen LogP contribution in [0.1, 0.15) is 58.6 Å². The maximum absolute atomic E-state index is 12.2. The molecule has 6 heteroatoms. The van der Waals surface area contributed by atoms with Crippen LogP contribution in [0.5, 0.6) is 0 Å². The van der Waals surface area contributed by atoms with Gasteiger partial charge in [-0.25, -0.2) is 4.79 Å². The van der Waals surface area contributed by atoms with E-state index in [4.69, 9.17) is 4.74 Å². The lowest BCUT2D eigenvalue weighted by atomic mass is 10.1. The highest BCUT2D eigenvalue weighted by molar-refractivity contribution is 5.68. The van der Waals surface area contributed by atoms with E-state index in [0.29, 0.717) is 6.04 Å². The third-order valence-electron chi connectivity index (χ3n) is 3.88. The Labute approximate surface area is 132 Å². The summed E-state index contributed by atoms with van der Waals surface area (Å²) in [6.07, 6.45) is 6.58. The molecule has 2 atom stereocenters. The van der Waals surface area contributed by atoms with E-state index in [0.717, 1.165) is 37.9 Å². The van der Waals surface area contributed by atoms with Gasteiger partial charge in [0.15, 0.2) is 0 Å². The molecule has 0 spiro atoms. The lowest BCUT2D eigenvalue weighted by Gasteiger charge is -2.26. The van der Waals surface area contributed by atoms with Gasteiger partial charge in [-0.15, -0.1) is 0 Å². The molecule has 2 unspecified atom stereocenters. The lowest BCUT2D eigenvalue weighted by Crippen LogP contribution is -2.38. The summed E-state index contributed by atoms with van der Waals surface area (Å²) in [5.41, 5.74) is 0.727. The van der Waals surface area contributed by atoms with Crippen molar-refractivity contribution in [1.82, 2.24) is 20.4 Å². The SMILES string of the molecule is CC(NC1CCCN(C(=O)OC(C)(C)C)CC1)c1cn[nH]c1. The number of nitrogens with zero attached hydrogens (tertiary/aromatic N) is 2. The van der Waals surface area contributed by atoms with Gasteiger partial charge < -0.3 is 15.0 Å². The second kappa shape index (κ2) is 7.13. The first-order chi connectivity index (χ1) is 10.3. The number of nitrogens with one attached hydrogen (secondary N) is 2. The van der Waals surface area contributed by atoms with Crippen molar-refractivity contribution in [2.45, 2.75) is 64.6 Å². The quantitative estimate of drug-likeness (QED) is 0.901. The molecule has 124 valence electrons. The van der Waals surface area contributed by atoms with Gasteiger partial charge in [0, 0.05) is 36.9 Å². The van der Waals surface area contributed by atoms with Crippen LogP contribution in [0.15, 0.2) is 12.4 Å². The molecule has 2 rings (SSSR count). The number of amides is 1. The molecular weight excluding hydrogens is 280 g/mol. The summed E-state index contributed by atoms with van der Waals surface area (Å²) >= 11 is 0. The first-order valence-electron chi connectivity index (χ1n) is 8.08. The van der Waals surface area contributed by atoms with Crippen LogP contribution < -0.4 is 5.32 Å². The molecule has 0 aromatic carbocycles. The highest BCUT2D eigenvalue weighted by Crippen LogP contribution is 2.18. The number of H-pyrrole nitrogens is 1. The summed E-state index contributed by atoms with van der Waals surface area (Å²) in [5, 5.41) is 10.5. The fourth-order valence-corrected chi connectivity index (χ4v) is 2.72. The largest absolute Gasteiger partial charge is 0.444 e. The third kappa shape index (κ3) is 5.02. The molecule has 1 aromatic rings. The fourth-order valence-electron chi connectivity index (χ4n) is 2.72. The Morgan fingerprint density at radius 2 is 2.23 bits per heavy atom. The molecule has 1 aromatic heterocycles. The van der Waals surface area contributed by atoms with Crippen LogP contribution in [-0.2, 0) is 4.74 Å². The molecule has 0 saturated carbocycles. The smallest absolute Gasteiger partial charge is 0.410 e. The number of rotatable bonds is 3. The highest BCUT2D eigenvalue weighted by Gasteiger charge is 2.25. The molecule has 1 saturated heterocycles. The van der Waals surface area contributed by atoms with E-state index in [1.54, 1.807) is 0 Å². The number of hydrogen-bond donors (Lipinski definition) is 2. The van der Waals surface area contributed by atoms with Crippen molar-refractivity contribution in [1.29, 1.82) is 0 Å². The van der Waals surface area contributed by atoms with E-state index < -0.39 is 5.60 Å². The number of carbonyl (C=O) groups excluding carboxylic acids is 1. The van der Waals surface area contributed by atoms with Gasteiger partial charge in [0.1, 0.15) is 5.60 Å². The number of aromatic amines is 1. The third-order valence-corrected chi connectivity index (χ3v) is 3.88. The standard InChI is InChI=1S/C16H28N4O2/c1-12(13-10-17-18-11-13)19-14-6-5-8-20(9-7-14)15(21)22-16(2,3)4/h10-12,14,19H,5-9H2,1-4H3,(H,17,18). The van der Waals surface area contributed by atoms with E-state index in [2.05, 4.69) is 22.4 Å². The van der Waals surface area contributed by atoms with Gasteiger partial charge in [-0.1, -0.05) is 0 Å². The average Bonchev–Trinajstić information content (AvgIpc) is 2.84. The summed E-state index contributed by atoms with van der Waals surface area (Å²) in [5.74, 6) is 0. The molecular formula is C16H28N4O2. The molecule has 1 amide bonds. The van der Waals surface area contributed by atoms with Gasteiger partial charge in [0.25, 0.3) is 0 Å². The second-order valence-electron chi connectivity index (χ2n) is 7.02. The van der Waals surface area contributed by atoms with Crippen LogP contribution in [0.4, 0.5) is 4.79 Å². The molecule has 1 fully saturated rings. The van der Waals surface area contributed by atoms with Crippen molar-refractivity contribution in [3.63, 3.8) is 0 Å². The van der Waals surface area contributed by atoms with Crippen molar-refractivity contribution in [2.75, 3.05) is 13.1 Å². The Balaban J connectivity index is 1.83. The second-order valence-corrected chi connectivity index (χ2v) is 7.02. The minimum atomic E-state index is -0.434. The van der Waals surface area contributed by atoms with Gasteiger partial charge in [-0.05, 0) is 47.0 Å². The number of carbonyl (C=O) groups is 1. The molecule has 2 N–H and O–H groups in total. The maximum atomic E-state index is 12.2. The first-order valence-corrected chi connectivity index (χ1v) is 8.08. The molecule has 0 radical (unpaired) electrons. The van der Waals surface area contributed by atoms with Gasteiger partial charge in [-0.3, -0.25) is 5.10 Å². The van der Waals surface area contributed by atoms with Crippen LogP contribution in [0.25, 0.3) is 0 Å². The number of ether oxygens (including phenoxy) is 1. The van der Waals surface area contributed by atoms with Crippen molar-refractivity contribution < 1.29 is 9.53 Å². The Kier molecular flexibility index (Phi) is 5.45. The Bertz CT molecular complexity index is 467. The minimum absolute atomic E-state index is 0.198. The van der Waals surface area contributed by atoms with Crippen molar-refractivity contribution >= 4 is 6.09 Å². The monoisotopic (exact) mass is 308 g/mol. The van der Waals surface area contributed by atoms with E-state index in [9.17, 15) is 4.79 Å². The molecule has 2 heterocycles. The maximum Gasteiger partial charge on any atom is 0.410 e. The highest BCUT2D eigenvalue weighted by atomic mass is 16.6. The number of aromatic nitrogens is 2. The lowest BCUT2D eigenvalue weighted by molar-refractivity contribution is 0.0256. The normalized spacial score (nSPS) is 21.3. The topological polar surface area (TPSA) is 70.2 Å². The van der Waals surface area contributed by atoms with Crippen LogP contribution >= 0.6 is 0 Å².